The van der Waals surface area contributed by atoms with Crippen molar-refractivity contribution in [1.29, 1.82) is 0 Å². The van der Waals surface area contributed by atoms with Gasteiger partial charge in [-0.3, -0.25) is 10.1 Å². The Labute approximate surface area is 65.5 Å². The van der Waals surface area contributed by atoms with Gasteiger partial charge in [-0.2, -0.15) is 0 Å². The van der Waals surface area contributed by atoms with Crippen molar-refractivity contribution in [3.05, 3.63) is 0 Å². The van der Waals surface area contributed by atoms with Crippen LogP contribution in [-0.2, 0) is 9.53 Å². The molecular weight excluding hydrogens is 146 g/mol. The number of nitrogens with one attached hydrogen (secondary N) is 1. The number of ether oxygens (including phenoxy) is 1. The Balaban J connectivity index is 2.46. The van der Waals surface area contributed by atoms with Crippen molar-refractivity contribution >= 4 is 5.97 Å². The number of carboxylic acids is 1. The van der Waals surface area contributed by atoms with Crippen molar-refractivity contribution in [1.82, 2.24) is 5.32 Å². The number of hydrogen-bond donors (Lipinski definition) is 2. The second kappa shape index (κ2) is 3.19. The lowest BCUT2D eigenvalue weighted by atomic mass is 10.1. The van der Waals surface area contributed by atoms with E-state index in [4.69, 9.17) is 9.84 Å². The van der Waals surface area contributed by atoms with Gasteiger partial charge in [0.2, 0.25) is 0 Å². The minimum absolute atomic E-state index is 0.102. The van der Waals surface area contributed by atoms with Crippen molar-refractivity contribution in [3.63, 3.8) is 0 Å². The third-order valence-corrected chi connectivity index (χ3v) is 1.99. The van der Waals surface area contributed by atoms with Gasteiger partial charge in [0.05, 0.1) is 12.7 Å². The van der Waals surface area contributed by atoms with E-state index in [9.17, 15) is 4.79 Å². The molecule has 0 radical (unpaired) electrons. The van der Waals surface area contributed by atoms with E-state index < -0.39 is 12.0 Å². The van der Waals surface area contributed by atoms with Gasteiger partial charge in [0.25, 0.3) is 0 Å². The van der Waals surface area contributed by atoms with Gasteiger partial charge in [0.1, 0.15) is 6.04 Å². The third kappa shape index (κ3) is 1.91. The molecule has 0 aromatic carbocycles. The molecule has 1 aliphatic heterocycles. The van der Waals surface area contributed by atoms with E-state index >= 15 is 0 Å². The van der Waals surface area contributed by atoms with E-state index in [1.54, 1.807) is 0 Å². The average molecular weight is 159 g/mol. The van der Waals surface area contributed by atoms with E-state index in [0.717, 1.165) is 0 Å². The molecule has 1 heterocycles. The first kappa shape index (κ1) is 8.49. The largest absolute Gasteiger partial charge is 0.480 e. The summed E-state index contributed by atoms with van der Waals surface area (Å²) in [7, 11) is 0. The van der Waals surface area contributed by atoms with Crippen LogP contribution in [0, 0.1) is 0 Å². The fourth-order valence-corrected chi connectivity index (χ4v) is 1.04. The van der Waals surface area contributed by atoms with Crippen LogP contribution in [0.1, 0.15) is 13.8 Å². The predicted octanol–water partition coefficient (Wildman–Crippen LogP) is -0.164. The topological polar surface area (TPSA) is 58.6 Å². The molecule has 1 fully saturated rings. The van der Waals surface area contributed by atoms with Gasteiger partial charge in [0.15, 0.2) is 0 Å². The van der Waals surface area contributed by atoms with Crippen molar-refractivity contribution in [2.24, 2.45) is 0 Å². The Bertz CT molecular complexity index is 160. The van der Waals surface area contributed by atoms with Crippen LogP contribution < -0.4 is 5.32 Å². The van der Waals surface area contributed by atoms with Gasteiger partial charge in [-0.1, -0.05) is 0 Å². The minimum Gasteiger partial charge on any atom is -0.480 e. The molecule has 11 heavy (non-hydrogen) atoms. The highest BCUT2D eigenvalue weighted by Gasteiger charge is 2.28. The summed E-state index contributed by atoms with van der Waals surface area (Å²) in [6.45, 7) is 4.11. The van der Waals surface area contributed by atoms with Gasteiger partial charge in [-0.05, 0) is 13.8 Å². The number of rotatable bonds is 1. The quantitative estimate of drug-likeness (QED) is 0.558. The number of carboxylic acid groups (broad SMARTS) is 1. The predicted molar refractivity (Wildman–Crippen MR) is 39.4 cm³/mol. The molecule has 0 aromatic rings. The second-order valence-electron chi connectivity index (χ2n) is 2.88. The summed E-state index contributed by atoms with van der Waals surface area (Å²) in [4.78, 5) is 10.5. The van der Waals surface area contributed by atoms with Crippen molar-refractivity contribution in [2.45, 2.75) is 32.0 Å². The van der Waals surface area contributed by atoms with Crippen LogP contribution in [0.25, 0.3) is 0 Å². The van der Waals surface area contributed by atoms with Crippen LogP contribution >= 0.6 is 0 Å². The Hall–Kier alpha value is -0.610. The van der Waals surface area contributed by atoms with Gasteiger partial charge in [-0.25, -0.2) is 0 Å². The van der Waals surface area contributed by atoms with Gasteiger partial charge in [-0.15, -0.1) is 0 Å². The maximum Gasteiger partial charge on any atom is 0.323 e. The van der Waals surface area contributed by atoms with Crippen molar-refractivity contribution in [2.75, 3.05) is 6.61 Å². The first-order valence-corrected chi connectivity index (χ1v) is 3.71. The Morgan fingerprint density at radius 1 is 1.64 bits per heavy atom. The van der Waals surface area contributed by atoms with E-state index in [-0.39, 0.29) is 18.8 Å². The second-order valence-corrected chi connectivity index (χ2v) is 2.88. The first-order chi connectivity index (χ1) is 5.11. The van der Waals surface area contributed by atoms with Crippen molar-refractivity contribution < 1.29 is 14.6 Å². The normalized spacial score (nSPS) is 38.5. The minimum atomic E-state index is -0.844. The molecule has 64 valence electrons. The van der Waals surface area contributed by atoms with E-state index in [1.165, 1.54) is 0 Å². The summed E-state index contributed by atoms with van der Waals surface area (Å²) >= 11 is 0. The summed E-state index contributed by atoms with van der Waals surface area (Å²) < 4.78 is 5.22. The number of hydrogen-bond acceptors (Lipinski definition) is 3. The Morgan fingerprint density at radius 2 is 2.27 bits per heavy atom. The molecule has 0 saturated carbocycles. The highest BCUT2D eigenvalue weighted by atomic mass is 16.5. The van der Waals surface area contributed by atoms with E-state index in [1.807, 2.05) is 13.8 Å². The Morgan fingerprint density at radius 3 is 2.73 bits per heavy atom. The first-order valence-electron chi connectivity index (χ1n) is 3.71. The molecule has 1 rings (SSSR count). The average Bonchev–Trinajstić information content (AvgIpc) is 1.94. The fourth-order valence-electron chi connectivity index (χ4n) is 1.04. The van der Waals surface area contributed by atoms with Crippen LogP contribution in [-0.4, -0.2) is 35.9 Å². The highest BCUT2D eigenvalue weighted by molar-refractivity contribution is 5.73. The molecule has 4 heteroatoms. The molecular formula is C7H13NO3. The summed E-state index contributed by atoms with van der Waals surface area (Å²) in [6, 6.07) is -0.425. The van der Waals surface area contributed by atoms with Crippen LogP contribution in [0.3, 0.4) is 0 Å². The molecule has 0 unspecified atom stereocenters. The van der Waals surface area contributed by atoms with Crippen LogP contribution in [0.5, 0.6) is 0 Å². The molecule has 4 nitrogen and oxygen atoms in total. The van der Waals surface area contributed by atoms with E-state index in [2.05, 4.69) is 5.32 Å². The molecule has 0 bridgehead atoms. The lowest BCUT2D eigenvalue weighted by molar-refractivity contribution is -0.145. The maximum atomic E-state index is 10.5. The molecule has 0 aromatic heterocycles. The standard InChI is InChI=1S/C7H13NO3/c1-4-5(2)11-3-6(8-4)7(9)10/h4-6,8H,3H2,1-2H3,(H,9,10)/t4-,5-,6+/m0/s1. The molecule has 0 amide bonds. The molecule has 1 aliphatic rings. The summed E-state index contributed by atoms with van der Waals surface area (Å²) in [6.07, 6.45) is 0.102. The SMILES string of the molecule is C[C@@H]1N[C@@H](C(=O)O)CO[C@H]1C. The lowest BCUT2D eigenvalue weighted by Crippen LogP contribution is -2.54. The molecule has 2 N–H and O–H groups in total. The van der Waals surface area contributed by atoms with Gasteiger partial charge in [0, 0.05) is 6.04 Å². The zero-order valence-corrected chi connectivity index (χ0v) is 6.70. The van der Waals surface area contributed by atoms with Crippen LogP contribution in [0.2, 0.25) is 0 Å². The van der Waals surface area contributed by atoms with Crippen LogP contribution in [0.4, 0.5) is 0 Å². The summed E-state index contributed by atoms with van der Waals surface area (Å²) in [5.41, 5.74) is 0. The van der Waals surface area contributed by atoms with Crippen LogP contribution in [0.15, 0.2) is 0 Å². The fraction of sp³-hybridized carbons (Fsp3) is 0.857. The maximum absolute atomic E-state index is 10.5. The van der Waals surface area contributed by atoms with Gasteiger partial charge < -0.3 is 9.84 Å². The summed E-state index contributed by atoms with van der Waals surface area (Å²) in [5.74, 6) is -0.844. The van der Waals surface area contributed by atoms with Gasteiger partial charge >= 0.3 is 5.97 Å². The molecule has 0 aliphatic carbocycles. The highest BCUT2D eigenvalue weighted by Crippen LogP contribution is 2.06. The number of aliphatic carboxylic acids is 1. The zero-order chi connectivity index (χ0) is 8.43. The molecule has 0 spiro atoms. The lowest BCUT2D eigenvalue weighted by Gasteiger charge is -2.31. The van der Waals surface area contributed by atoms with Crippen molar-refractivity contribution in [3.8, 4) is 0 Å². The zero-order valence-electron chi connectivity index (χ0n) is 6.70. The van der Waals surface area contributed by atoms with E-state index in [0.29, 0.717) is 0 Å². The number of carbonyl (C=O) groups is 1. The smallest absolute Gasteiger partial charge is 0.323 e. The number of morpholine rings is 1. The summed E-state index contributed by atoms with van der Waals surface area (Å²) in [5, 5.41) is 11.5. The Kier molecular flexibility index (Phi) is 2.46. The monoisotopic (exact) mass is 159 g/mol. The molecule has 3 atom stereocenters. The third-order valence-electron chi connectivity index (χ3n) is 1.99. The molecule has 1 saturated heterocycles.